The van der Waals surface area contributed by atoms with E-state index >= 15 is 0 Å². The third-order valence-corrected chi connectivity index (χ3v) is 4.25. The van der Waals surface area contributed by atoms with Gasteiger partial charge in [0.05, 0.1) is 25.0 Å². The molecule has 0 spiro atoms. The Labute approximate surface area is 179 Å². The number of nitrogens with one attached hydrogen (secondary N) is 1. The molecule has 156 valence electrons. The quantitative estimate of drug-likeness (QED) is 0.399. The van der Waals surface area contributed by atoms with Gasteiger partial charge in [-0.2, -0.15) is 5.10 Å². The van der Waals surface area contributed by atoms with E-state index in [0.29, 0.717) is 40.4 Å². The minimum Gasteiger partial charge on any atom is -0.495 e. The van der Waals surface area contributed by atoms with Crippen LogP contribution in [0.25, 0.3) is 11.3 Å². The molecule has 0 radical (unpaired) electrons. The van der Waals surface area contributed by atoms with Crippen LogP contribution in [0.1, 0.15) is 12.7 Å². The molecule has 1 heterocycles. The van der Waals surface area contributed by atoms with Crippen molar-refractivity contribution in [3.63, 3.8) is 0 Å². The number of hydrogen-bond donors (Lipinski definition) is 1. The first kappa shape index (κ1) is 21.3. The largest absolute Gasteiger partial charge is 0.495 e. The number of rotatable bonds is 9. The van der Waals surface area contributed by atoms with Crippen molar-refractivity contribution >= 4 is 23.7 Å². The maximum atomic E-state index is 12.0. The van der Waals surface area contributed by atoms with Gasteiger partial charge < -0.3 is 18.6 Å². The molecule has 0 atom stereocenters. The first-order chi connectivity index (χ1) is 14.6. The number of hydrogen-bond acceptors (Lipinski definition) is 6. The minimum absolute atomic E-state index is 0.199. The van der Waals surface area contributed by atoms with Crippen LogP contribution in [0.15, 0.2) is 64.1 Å². The van der Waals surface area contributed by atoms with Gasteiger partial charge in [0.25, 0.3) is 5.91 Å². The van der Waals surface area contributed by atoms with Gasteiger partial charge in [-0.15, -0.1) is 0 Å². The molecule has 0 bridgehead atoms. The molecule has 1 aromatic heterocycles. The van der Waals surface area contributed by atoms with Crippen LogP contribution in [0.4, 0.5) is 0 Å². The van der Waals surface area contributed by atoms with E-state index < -0.39 is 5.91 Å². The SMILES string of the molecule is CCOc1ccccc1OCC(=O)N/N=C\c1ccc(-c2ccc(OC)c(Cl)c2)o1. The first-order valence-electron chi connectivity index (χ1n) is 9.21. The number of para-hydroxylation sites is 2. The molecule has 0 aliphatic rings. The maximum Gasteiger partial charge on any atom is 0.277 e. The summed E-state index contributed by atoms with van der Waals surface area (Å²) in [6.07, 6.45) is 1.40. The number of nitrogens with zero attached hydrogens (tertiary/aromatic N) is 1. The number of benzene rings is 2. The fourth-order valence-electron chi connectivity index (χ4n) is 2.58. The molecule has 1 N–H and O–H groups in total. The molecule has 3 aromatic rings. The Balaban J connectivity index is 1.53. The highest BCUT2D eigenvalue weighted by Crippen LogP contribution is 2.31. The molecule has 0 unspecified atom stereocenters. The summed E-state index contributed by atoms with van der Waals surface area (Å²) < 4.78 is 21.8. The molecule has 1 amide bonds. The van der Waals surface area contributed by atoms with Crippen LogP contribution >= 0.6 is 11.6 Å². The molecule has 0 fully saturated rings. The summed E-state index contributed by atoms with van der Waals surface area (Å²) in [4.78, 5) is 12.0. The van der Waals surface area contributed by atoms with E-state index in [-0.39, 0.29) is 6.61 Å². The Hall–Kier alpha value is -3.45. The van der Waals surface area contributed by atoms with Crippen molar-refractivity contribution in [2.45, 2.75) is 6.92 Å². The van der Waals surface area contributed by atoms with Crippen LogP contribution in [0.2, 0.25) is 5.02 Å². The predicted octanol–water partition coefficient (Wildman–Crippen LogP) is 4.54. The fraction of sp³-hybridized carbons (Fsp3) is 0.182. The molecule has 30 heavy (non-hydrogen) atoms. The average molecular weight is 429 g/mol. The van der Waals surface area contributed by atoms with Crippen molar-refractivity contribution in [2.75, 3.05) is 20.3 Å². The Bertz CT molecular complexity index is 1030. The van der Waals surface area contributed by atoms with Crippen LogP contribution in [0, 0.1) is 0 Å². The lowest BCUT2D eigenvalue weighted by Crippen LogP contribution is -2.24. The van der Waals surface area contributed by atoms with E-state index in [1.807, 2.05) is 19.1 Å². The highest BCUT2D eigenvalue weighted by atomic mass is 35.5. The average Bonchev–Trinajstić information content (AvgIpc) is 3.22. The van der Waals surface area contributed by atoms with E-state index in [9.17, 15) is 4.79 Å². The molecule has 8 heteroatoms. The smallest absolute Gasteiger partial charge is 0.277 e. The van der Waals surface area contributed by atoms with Crippen LogP contribution in [0.5, 0.6) is 17.2 Å². The van der Waals surface area contributed by atoms with Gasteiger partial charge in [0.15, 0.2) is 18.1 Å². The third kappa shape index (κ3) is 5.55. The number of ether oxygens (including phenoxy) is 3. The van der Waals surface area contributed by atoms with Gasteiger partial charge in [-0.1, -0.05) is 23.7 Å². The summed E-state index contributed by atoms with van der Waals surface area (Å²) in [7, 11) is 1.55. The first-order valence-corrected chi connectivity index (χ1v) is 9.58. The monoisotopic (exact) mass is 428 g/mol. The fourth-order valence-corrected chi connectivity index (χ4v) is 2.84. The molecule has 0 saturated heterocycles. The number of amides is 1. The van der Waals surface area contributed by atoms with Crippen molar-refractivity contribution in [1.82, 2.24) is 5.43 Å². The van der Waals surface area contributed by atoms with Gasteiger partial charge in [0.1, 0.15) is 17.3 Å². The van der Waals surface area contributed by atoms with Gasteiger partial charge in [0.2, 0.25) is 0 Å². The van der Waals surface area contributed by atoms with E-state index in [2.05, 4.69) is 10.5 Å². The Kier molecular flexibility index (Phi) is 7.34. The van der Waals surface area contributed by atoms with Gasteiger partial charge in [0, 0.05) is 5.56 Å². The number of halogens is 1. The highest BCUT2D eigenvalue weighted by Gasteiger charge is 2.09. The molecule has 7 nitrogen and oxygen atoms in total. The van der Waals surface area contributed by atoms with E-state index in [1.54, 1.807) is 49.6 Å². The number of furan rings is 1. The summed E-state index contributed by atoms with van der Waals surface area (Å²) in [5.41, 5.74) is 3.19. The second kappa shape index (κ2) is 10.4. The number of methoxy groups -OCH3 is 1. The zero-order valence-corrected chi connectivity index (χ0v) is 17.3. The maximum absolute atomic E-state index is 12.0. The van der Waals surface area contributed by atoms with Gasteiger partial charge in [-0.25, -0.2) is 5.43 Å². The van der Waals surface area contributed by atoms with Crippen molar-refractivity contribution in [2.24, 2.45) is 5.10 Å². The lowest BCUT2D eigenvalue weighted by atomic mass is 10.2. The zero-order chi connectivity index (χ0) is 21.3. The Morgan fingerprint density at radius 2 is 1.87 bits per heavy atom. The normalized spacial score (nSPS) is 10.8. The topological polar surface area (TPSA) is 82.3 Å². The molecular weight excluding hydrogens is 408 g/mol. The molecule has 2 aromatic carbocycles. The second-order valence-electron chi connectivity index (χ2n) is 6.01. The lowest BCUT2D eigenvalue weighted by molar-refractivity contribution is -0.123. The molecule has 3 rings (SSSR count). The van der Waals surface area contributed by atoms with Crippen LogP contribution < -0.4 is 19.6 Å². The number of carbonyl (C=O) groups is 1. The molecule has 0 aliphatic carbocycles. The van der Waals surface area contributed by atoms with Crippen molar-refractivity contribution < 1.29 is 23.4 Å². The predicted molar refractivity (Wildman–Crippen MR) is 115 cm³/mol. The molecule has 0 aliphatic heterocycles. The number of carbonyl (C=O) groups excluding carboxylic acids is 1. The summed E-state index contributed by atoms with van der Waals surface area (Å²) in [6.45, 7) is 2.18. The van der Waals surface area contributed by atoms with Gasteiger partial charge in [-0.05, 0) is 49.4 Å². The summed E-state index contributed by atoms with van der Waals surface area (Å²) in [5.74, 6) is 2.34. The lowest BCUT2D eigenvalue weighted by Gasteiger charge is -2.10. The van der Waals surface area contributed by atoms with E-state index in [4.69, 9.17) is 30.2 Å². The van der Waals surface area contributed by atoms with E-state index in [1.165, 1.54) is 6.21 Å². The van der Waals surface area contributed by atoms with Crippen LogP contribution in [-0.2, 0) is 4.79 Å². The van der Waals surface area contributed by atoms with Crippen molar-refractivity contribution in [3.8, 4) is 28.6 Å². The third-order valence-electron chi connectivity index (χ3n) is 3.95. The highest BCUT2D eigenvalue weighted by molar-refractivity contribution is 6.32. The van der Waals surface area contributed by atoms with E-state index in [0.717, 1.165) is 5.56 Å². The molecular formula is C22H21ClN2O5. The van der Waals surface area contributed by atoms with Gasteiger partial charge in [-0.3, -0.25) is 4.79 Å². The summed E-state index contributed by atoms with van der Waals surface area (Å²) in [6, 6.07) is 16.0. The summed E-state index contributed by atoms with van der Waals surface area (Å²) >= 11 is 6.15. The van der Waals surface area contributed by atoms with Gasteiger partial charge >= 0.3 is 0 Å². The van der Waals surface area contributed by atoms with Crippen molar-refractivity contribution in [1.29, 1.82) is 0 Å². The minimum atomic E-state index is -0.411. The molecule has 0 saturated carbocycles. The zero-order valence-electron chi connectivity index (χ0n) is 16.6. The Morgan fingerprint density at radius 1 is 1.10 bits per heavy atom. The summed E-state index contributed by atoms with van der Waals surface area (Å²) in [5, 5.41) is 4.37. The van der Waals surface area contributed by atoms with Crippen molar-refractivity contribution in [3.05, 3.63) is 65.4 Å². The Morgan fingerprint density at radius 3 is 2.57 bits per heavy atom. The second-order valence-corrected chi connectivity index (χ2v) is 6.42. The van der Waals surface area contributed by atoms with Crippen LogP contribution in [0.3, 0.4) is 0 Å². The standard InChI is InChI=1S/C22H21ClN2O5/c1-3-28-20-6-4-5-7-21(20)29-14-22(26)25-24-13-16-9-11-18(30-16)15-8-10-19(27-2)17(23)12-15/h4-13H,3,14H2,1-2H3,(H,25,26)/b24-13-. The van der Waals surface area contributed by atoms with Crippen LogP contribution in [-0.4, -0.2) is 32.4 Å². The number of hydrazone groups is 1.